The molecule has 9 heteroatoms. The first kappa shape index (κ1) is 21.2. The van der Waals surface area contributed by atoms with Crippen LogP contribution < -0.4 is 9.64 Å². The van der Waals surface area contributed by atoms with Crippen molar-refractivity contribution >= 4 is 23.3 Å². The number of carbonyl (C=O) groups excluding carboxylic acids is 1. The van der Waals surface area contributed by atoms with Crippen molar-refractivity contribution < 1.29 is 13.9 Å². The normalized spacial score (nSPS) is 20.3. The summed E-state index contributed by atoms with van der Waals surface area (Å²) in [6.45, 7) is 6.50. The first-order valence-electron chi connectivity index (χ1n) is 10.8. The number of hydrogen-bond donors (Lipinski definition) is 0. The maximum atomic E-state index is 13.3. The van der Waals surface area contributed by atoms with Gasteiger partial charge in [0.1, 0.15) is 5.82 Å². The topological polar surface area (TPSA) is 61.8 Å². The van der Waals surface area contributed by atoms with E-state index in [4.69, 9.17) is 16.3 Å². The molecule has 0 radical (unpaired) electrons. The molecule has 2 aliphatic heterocycles. The lowest BCUT2D eigenvalue weighted by Crippen LogP contribution is -2.49. The molecule has 1 aromatic heterocycles. The van der Waals surface area contributed by atoms with Crippen molar-refractivity contribution in [1.82, 2.24) is 19.8 Å². The third-order valence-corrected chi connectivity index (χ3v) is 6.98. The standard InChI is InChI=1S/C23H25ClFN5O2/c1-14(25)22(31)29-10-8-28(9-11-29)21-16-12-30(13-18(16)26-23(27-21)32-2)19-7-6-15-4-3-5-17(24)20(15)19/h3-5,19H,1,6-13H2,2H3. The molecular formula is C23H25ClFN5O2. The second kappa shape index (κ2) is 8.33. The van der Waals surface area contributed by atoms with Crippen LogP contribution in [-0.4, -0.2) is 59.0 Å². The van der Waals surface area contributed by atoms with E-state index in [2.05, 4.69) is 32.4 Å². The van der Waals surface area contributed by atoms with Gasteiger partial charge in [0.05, 0.1) is 12.8 Å². The van der Waals surface area contributed by atoms with Crippen molar-refractivity contribution in [2.24, 2.45) is 0 Å². The molecule has 1 aromatic carbocycles. The lowest BCUT2D eigenvalue weighted by Gasteiger charge is -2.35. The fourth-order valence-corrected chi connectivity index (χ4v) is 5.40. The van der Waals surface area contributed by atoms with E-state index in [0.29, 0.717) is 38.7 Å². The molecule has 7 nitrogen and oxygen atoms in total. The number of rotatable bonds is 4. The molecule has 1 fully saturated rings. The molecule has 0 N–H and O–H groups in total. The van der Waals surface area contributed by atoms with E-state index in [1.165, 1.54) is 16.0 Å². The number of carbonyl (C=O) groups is 1. The third-order valence-electron chi connectivity index (χ3n) is 6.65. The molecule has 0 bridgehead atoms. The monoisotopic (exact) mass is 457 g/mol. The van der Waals surface area contributed by atoms with E-state index in [-0.39, 0.29) is 6.04 Å². The SMILES string of the molecule is C=C(F)C(=O)N1CCN(c2nc(OC)nc3c2CN(C2CCc4cccc(Cl)c42)C3)CC1. The van der Waals surface area contributed by atoms with Crippen LogP contribution in [0.25, 0.3) is 0 Å². The number of methoxy groups -OCH3 is 1. The second-order valence-electron chi connectivity index (χ2n) is 8.42. The predicted octanol–water partition coefficient (Wildman–Crippen LogP) is 3.27. The van der Waals surface area contributed by atoms with Crippen molar-refractivity contribution in [2.75, 3.05) is 38.2 Å². The van der Waals surface area contributed by atoms with Crippen molar-refractivity contribution in [1.29, 1.82) is 0 Å². The number of benzene rings is 1. The van der Waals surface area contributed by atoms with E-state index >= 15 is 0 Å². The van der Waals surface area contributed by atoms with Gasteiger partial charge in [0.15, 0.2) is 5.83 Å². The fourth-order valence-electron chi connectivity index (χ4n) is 5.08. The maximum Gasteiger partial charge on any atom is 0.318 e. The van der Waals surface area contributed by atoms with Gasteiger partial charge >= 0.3 is 6.01 Å². The number of nitrogens with zero attached hydrogens (tertiary/aromatic N) is 5. The molecule has 32 heavy (non-hydrogen) atoms. The molecule has 1 saturated heterocycles. The molecule has 1 aliphatic carbocycles. The Morgan fingerprint density at radius 1 is 1.22 bits per heavy atom. The molecule has 5 rings (SSSR count). The predicted molar refractivity (Wildman–Crippen MR) is 119 cm³/mol. The minimum absolute atomic E-state index is 0.247. The summed E-state index contributed by atoms with van der Waals surface area (Å²) in [6, 6.07) is 6.71. The quantitative estimate of drug-likeness (QED) is 0.657. The van der Waals surface area contributed by atoms with Gasteiger partial charge in [-0.25, -0.2) is 4.39 Å². The van der Waals surface area contributed by atoms with Gasteiger partial charge in [-0.05, 0) is 30.0 Å². The molecule has 0 spiro atoms. The van der Waals surface area contributed by atoms with Crippen LogP contribution >= 0.6 is 11.6 Å². The largest absolute Gasteiger partial charge is 0.467 e. The Morgan fingerprint density at radius 3 is 2.72 bits per heavy atom. The highest BCUT2D eigenvalue weighted by atomic mass is 35.5. The van der Waals surface area contributed by atoms with Crippen LogP contribution in [0, 0.1) is 0 Å². The van der Waals surface area contributed by atoms with Crippen molar-refractivity contribution in [3.05, 3.63) is 58.0 Å². The number of ether oxygens (including phenoxy) is 1. The summed E-state index contributed by atoms with van der Waals surface area (Å²) < 4.78 is 18.6. The van der Waals surface area contributed by atoms with E-state index in [1.807, 2.05) is 12.1 Å². The van der Waals surface area contributed by atoms with Gasteiger partial charge in [0.2, 0.25) is 0 Å². The molecule has 2 aromatic rings. The molecule has 3 heterocycles. The first-order valence-corrected chi connectivity index (χ1v) is 11.2. The molecule has 1 unspecified atom stereocenters. The Kier molecular flexibility index (Phi) is 5.51. The number of piperazine rings is 1. The van der Waals surface area contributed by atoms with Crippen LogP contribution in [0.3, 0.4) is 0 Å². The van der Waals surface area contributed by atoms with Crippen LogP contribution in [0.4, 0.5) is 10.2 Å². The van der Waals surface area contributed by atoms with E-state index < -0.39 is 11.7 Å². The summed E-state index contributed by atoms with van der Waals surface area (Å²) >= 11 is 6.57. The Balaban J connectivity index is 1.40. The molecule has 1 atom stereocenters. The summed E-state index contributed by atoms with van der Waals surface area (Å²) in [5.74, 6) is -0.731. The van der Waals surface area contributed by atoms with Gasteiger partial charge in [-0.15, -0.1) is 0 Å². The van der Waals surface area contributed by atoms with Crippen LogP contribution in [0.2, 0.25) is 5.02 Å². The Labute approximate surface area is 191 Å². The minimum Gasteiger partial charge on any atom is -0.467 e. The zero-order valence-corrected chi connectivity index (χ0v) is 18.7. The van der Waals surface area contributed by atoms with Crippen molar-refractivity contribution in [2.45, 2.75) is 32.0 Å². The molecular weight excluding hydrogens is 433 g/mol. The number of halogens is 2. The van der Waals surface area contributed by atoms with Crippen LogP contribution in [0.5, 0.6) is 6.01 Å². The zero-order valence-electron chi connectivity index (χ0n) is 18.0. The van der Waals surface area contributed by atoms with E-state index in [9.17, 15) is 9.18 Å². The summed E-state index contributed by atoms with van der Waals surface area (Å²) in [5.41, 5.74) is 4.59. The average molecular weight is 458 g/mol. The van der Waals surface area contributed by atoms with Gasteiger partial charge in [-0.2, -0.15) is 9.97 Å². The van der Waals surface area contributed by atoms with Gasteiger partial charge < -0.3 is 14.5 Å². The second-order valence-corrected chi connectivity index (χ2v) is 8.82. The number of amides is 1. The third kappa shape index (κ3) is 3.61. The average Bonchev–Trinajstić information content (AvgIpc) is 3.42. The van der Waals surface area contributed by atoms with E-state index in [1.54, 1.807) is 7.11 Å². The van der Waals surface area contributed by atoms with Gasteiger partial charge in [0.25, 0.3) is 5.91 Å². The summed E-state index contributed by atoms with van der Waals surface area (Å²) in [6.07, 6.45) is 2.05. The highest BCUT2D eigenvalue weighted by molar-refractivity contribution is 6.31. The number of fused-ring (bicyclic) bond motifs is 2. The van der Waals surface area contributed by atoms with Crippen LogP contribution in [0.1, 0.15) is 34.8 Å². The molecule has 1 amide bonds. The molecule has 0 saturated carbocycles. The van der Waals surface area contributed by atoms with Crippen LogP contribution in [0.15, 0.2) is 30.6 Å². The first-order chi connectivity index (χ1) is 15.5. The van der Waals surface area contributed by atoms with Crippen LogP contribution in [-0.2, 0) is 24.3 Å². The maximum absolute atomic E-state index is 13.3. The van der Waals surface area contributed by atoms with E-state index in [0.717, 1.165) is 41.5 Å². The van der Waals surface area contributed by atoms with Gasteiger partial charge in [0, 0.05) is 55.9 Å². The minimum atomic E-state index is -0.922. The Bertz CT molecular complexity index is 1090. The molecule has 3 aliphatic rings. The number of aryl methyl sites for hydroxylation is 1. The summed E-state index contributed by atoms with van der Waals surface area (Å²) in [5, 5.41) is 0.820. The Morgan fingerprint density at radius 2 is 2.00 bits per heavy atom. The highest BCUT2D eigenvalue weighted by Crippen LogP contribution is 2.44. The summed E-state index contributed by atoms with van der Waals surface area (Å²) in [7, 11) is 1.56. The fraction of sp³-hybridized carbons (Fsp3) is 0.435. The summed E-state index contributed by atoms with van der Waals surface area (Å²) in [4.78, 5) is 27.2. The lowest BCUT2D eigenvalue weighted by atomic mass is 10.1. The number of anilines is 1. The zero-order chi connectivity index (χ0) is 22.4. The van der Waals surface area contributed by atoms with Crippen molar-refractivity contribution in [3.63, 3.8) is 0 Å². The van der Waals surface area contributed by atoms with Crippen molar-refractivity contribution in [3.8, 4) is 6.01 Å². The lowest BCUT2D eigenvalue weighted by molar-refractivity contribution is -0.128. The van der Waals surface area contributed by atoms with Gasteiger partial charge in [-0.1, -0.05) is 30.3 Å². The Hall–Kier alpha value is -2.71. The number of aromatic nitrogens is 2. The van der Waals surface area contributed by atoms with Gasteiger partial charge in [-0.3, -0.25) is 9.69 Å². The highest BCUT2D eigenvalue weighted by Gasteiger charge is 2.37. The smallest absolute Gasteiger partial charge is 0.318 e. The molecule has 168 valence electrons. The number of hydrogen-bond acceptors (Lipinski definition) is 6.